The van der Waals surface area contributed by atoms with Gasteiger partial charge in [-0.15, -0.1) is 0 Å². The van der Waals surface area contributed by atoms with Crippen LogP contribution in [0.15, 0.2) is 30.3 Å². The minimum Gasteiger partial charge on any atom is -0.444 e. The summed E-state index contributed by atoms with van der Waals surface area (Å²) in [6.07, 6.45) is -0.673. The molecule has 0 aromatic heterocycles. The Balaban J connectivity index is 2.99. The number of nitrogens with one attached hydrogen (secondary N) is 2. The summed E-state index contributed by atoms with van der Waals surface area (Å²) in [4.78, 5) is 24.9. The molecule has 25 heavy (non-hydrogen) atoms. The molecule has 2 amide bonds. The van der Waals surface area contributed by atoms with E-state index in [9.17, 15) is 14.7 Å². The van der Waals surface area contributed by atoms with Crippen molar-refractivity contribution in [2.75, 3.05) is 6.61 Å². The SMILES string of the molecule is CC(C)(C)OC(=O)N[C@@H](C(=O)N[C@H](CO)C(C)(C)C)c1ccccc1. The first-order valence-corrected chi connectivity index (χ1v) is 8.40. The summed E-state index contributed by atoms with van der Waals surface area (Å²) in [6.45, 7) is 10.8. The molecule has 1 aromatic carbocycles. The number of ether oxygens (including phenoxy) is 1. The first-order valence-electron chi connectivity index (χ1n) is 8.40. The van der Waals surface area contributed by atoms with Crippen LogP contribution in [0.5, 0.6) is 0 Å². The van der Waals surface area contributed by atoms with Crippen molar-refractivity contribution >= 4 is 12.0 Å². The summed E-state index contributed by atoms with van der Waals surface area (Å²) in [5, 5.41) is 15.0. The number of benzene rings is 1. The summed E-state index contributed by atoms with van der Waals surface area (Å²) in [5.41, 5.74) is -0.352. The number of amides is 2. The lowest BCUT2D eigenvalue weighted by Crippen LogP contribution is -2.51. The topological polar surface area (TPSA) is 87.7 Å². The zero-order valence-electron chi connectivity index (χ0n) is 15.9. The third-order valence-corrected chi connectivity index (χ3v) is 3.60. The Kier molecular flexibility index (Phi) is 6.99. The van der Waals surface area contributed by atoms with Gasteiger partial charge in [0, 0.05) is 0 Å². The maximum absolute atomic E-state index is 12.8. The molecule has 0 aliphatic carbocycles. The van der Waals surface area contributed by atoms with Gasteiger partial charge in [-0.25, -0.2) is 4.79 Å². The second-order valence-electron chi connectivity index (χ2n) is 8.10. The molecule has 3 N–H and O–H groups in total. The molecule has 0 saturated heterocycles. The van der Waals surface area contributed by atoms with Gasteiger partial charge in [-0.05, 0) is 31.7 Å². The Labute approximate surface area is 150 Å². The van der Waals surface area contributed by atoms with E-state index in [0.29, 0.717) is 5.56 Å². The molecule has 2 atom stereocenters. The van der Waals surface area contributed by atoms with Gasteiger partial charge < -0.3 is 20.5 Å². The highest BCUT2D eigenvalue weighted by Gasteiger charge is 2.31. The molecule has 0 fully saturated rings. The first-order chi connectivity index (χ1) is 11.4. The van der Waals surface area contributed by atoms with Crippen molar-refractivity contribution in [3.05, 3.63) is 35.9 Å². The van der Waals surface area contributed by atoms with Gasteiger partial charge in [0.15, 0.2) is 0 Å². The number of aliphatic hydroxyl groups is 1. The fourth-order valence-electron chi connectivity index (χ4n) is 2.16. The van der Waals surface area contributed by atoms with Crippen LogP contribution in [0.1, 0.15) is 53.1 Å². The third kappa shape index (κ3) is 7.13. The van der Waals surface area contributed by atoms with E-state index in [4.69, 9.17) is 4.74 Å². The van der Waals surface area contributed by atoms with Crippen LogP contribution in [0.4, 0.5) is 4.79 Å². The van der Waals surface area contributed by atoms with Gasteiger partial charge in [-0.1, -0.05) is 51.1 Å². The quantitative estimate of drug-likeness (QED) is 0.762. The van der Waals surface area contributed by atoms with Crippen LogP contribution < -0.4 is 10.6 Å². The van der Waals surface area contributed by atoms with Crippen LogP contribution >= 0.6 is 0 Å². The molecule has 0 unspecified atom stereocenters. The van der Waals surface area contributed by atoms with Crippen molar-refractivity contribution in [1.29, 1.82) is 0 Å². The van der Waals surface area contributed by atoms with Crippen LogP contribution in [0.3, 0.4) is 0 Å². The van der Waals surface area contributed by atoms with E-state index in [2.05, 4.69) is 10.6 Å². The van der Waals surface area contributed by atoms with Crippen molar-refractivity contribution in [3.63, 3.8) is 0 Å². The minimum atomic E-state index is -0.910. The second-order valence-corrected chi connectivity index (χ2v) is 8.10. The van der Waals surface area contributed by atoms with Crippen molar-refractivity contribution in [2.24, 2.45) is 5.41 Å². The number of rotatable bonds is 5. The van der Waals surface area contributed by atoms with Crippen molar-refractivity contribution in [1.82, 2.24) is 10.6 Å². The molecule has 1 rings (SSSR count). The zero-order chi connectivity index (χ0) is 19.3. The van der Waals surface area contributed by atoms with E-state index in [1.54, 1.807) is 45.0 Å². The highest BCUT2D eigenvalue weighted by Crippen LogP contribution is 2.21. The van der Waals surface area contributed by atoms with E-state index < -0.39 is 29.7 Å². The Morgan fingerprint density at radius 2 is 1.60 bits per heavy atom. The van der Waals surface area contributed by atoms with Crippen LogP contribution in [-0.4, -0.2) is 35.4 Å². The summed E-state index contributed by atoms with van der Waals surface area (Å²) in [7, 11) is 0. The normalized spacial score (nSPS) is 14.4. The number of hydrogen-bond donors (Lipinski definition) is 3. The smallest absolute Gasteiger partial charge is 0.408 e. The van der Waals surface area contributed by atoms with Gasteiger partial charge in [0.25, 0.3) is 0 Å². The number of carbonyl (C=O) groups is 2. The average Bonchev–Trinajstić information content (AvgIpc) is 2.48. The van der Waals surface area contributed by atoms with E-state index in [1.165, 1.54) is 0 Å². The monoisotopic (exact) mass is 350 g/mol. The van der Waals surface area contributed by atoms with E-state index >= 15 is 0 Å². The molecular weight excluding hydrogens is 320 g/mol. The third-order valence-electron chi connectivity index (χ3n) is 3.60. The van der Waals surface area contributed by atoms with E-state index in [-0.39, 0.29) is 12.0 Å². The molecular formula is C19H30N2O4. The molecule has 0 heterocycles. The molecule has 0 aliphatic rings. The molecule has 0 radical (unpaired) electrons. The maximum atomic E-state index is 12.8. The predicted molar refractivity (Wildman–Crippen MR) is 97.0 cm³/mol. The number of alkyl carbamates (subject to hydrolysis) is 1. The van der Waals surface area contributed by atoms with Gasteiger partial charge in [-0.2, -0.15) is 0 Å². The lowest BCUT2D eigenvalue weighted by molar-refractivity contribution is -0.125. The van der Waals surface area contributed by atoms with Crippen LogP contribution in [0.25, 0.3) is 0 Å². The van der Waals surface area contributed by atoms with Crippen molar-refractivity contribution in [3.8, 4) is 0 Å². The van der Waals surface area contributed by atoms with Gasteiger partial charge >= 0.3 is 6.09 Å². The second kappa shape index (κ2) is 8.34. The molecule has 6 heteroatoms. The van der Waals surface area contributed by atoms with Gasteiger partial charge in [0.05, 0.1) is 12.6 Å². The molecule has 0 aliphatic heterocycles. The Morgan fingerprint density at radius 1 is 1.04 bits per heavy atom. The van der Waals surface area contributed by atoms with E-state index in [0.717, 1.165) is 0 Å². The Bertz CT molecular complexity index is 573. The number of hydrogen-bond acceptors (Lipinski definition) is 4. The number of carbonyl (C=O) groups excluding carboxylic acids is 2. The van der Waals surface area contributed by atoms with Gasteiger partial charge in [0.1, 0.15) is 11.6 Å². The van der Waals surface area contributed by atoms with Crippen LogP contribution in [-0.2, 0) is 9.53 Å². The minimum absolute atomic E-state index is 0.191. The van der Waals surface area contributed by atoms with Gasteiger partial charge in [0.2, 0.25) is 5.91 Å². The first kappa shape index (κ1) is 21.0. The highest BCUT2D eigenvalue weighted by molar-refractivity contribution is 5.87. The van der Waals surface area contributed by atoms with Crippen molar-refractivity contribution in [2.45, 2.75) is 59.2 Å². The largest absolute Gasteiger partial charge is 0.444 e. The standard InChI is InChI=1S/C19H30N2O4/c1-18(2,3)14(12-22)20-16(23)15(13-10-8-7-9-11-13)21-17(24)25-19(4,5)6/h7-11,14-15,22H,12H2,1-6H3,(H,20,23)(H,21,24)/t14-,15-/m1/s1. The Hall–Kier alpha value is -2.08. The maximum Gasteiger partial charge on any atom is 0.408 e. The number of aliphatic hydroxyl groups excluding tert-OH is 1. The van der Waals surface area contributed by atoms with Crippen molar-refractivity contribution < 1.29 is 19.4 Å². The van der Waals surface area contributed by atoms with Crippen LogP contribution in [0.2, 0.25) is 0 Å². The summed E-state index contributed by atoms with van der Waals surface area (Å²) < 4.78 is 5.26. The fraction of sp³-hybridized carbons (Fsp3) is 0.579. The molecule has 6 nitrogen and oxygen atoms in total. The molecule has 0 spiro atoms. The fourth-order valence-corrected chi connectivity index (χ4v) is 2.16. The zero-order valence-corrected chi connectivity index (χ0v) is 15.9. The molecule has 140 valence electrons. The Morgan fingerprint density at radius 3 is 2.04 bits per heavy atom. The van der Waals surface area contributed by atoms with E-state index in [1.807, 2.05) is 26.8 Å². The summed E-state index contributed by atoms with van der Waals surface area (Å²) in [5.74, 6) is -0.397. The lowest BCUT2D eigenvalue weighted by atomic mass is 9.87. The van der Waals surface area contributed by atoms with Crippen LogP contribution in [0, 0.1) is 5.41 Å². The highest BCUT2D eigenvalue weighted by atomic mass is 16.6. The molecule has 1 aromatic rings. The van der Waals surface area contributed by atoms with Gasteiger partial charge in [-0.3, -0.25) is 4.79 Å². The summed E-state index contributed by atoms with van der Waals surface area (Å²) in [6, 6.07) is 7.58. The average molecular weight is 350 g/mol. The lowest BCUT2D eigenvalue weighted by Gasteiger charge is -2.31. The predicted octanol–water partition coefficient (Wildman–Crippen LogP) is 2.78. The molecule has 0 saturated carbocycles. The summed E-state index contributed by atoms with van der Waals surface area (Å²) >= 11 is 0. The molecule has 0 bridgehead atoms.